The number of sulfone groups is 1. The highest BCUT2D eigenvalue weighted by Gasteiger charge is 2.20. The molecule has 12 heteroatoms. The minimum atomic E-state index is -3.60. The number of benzene rings is 2. The molecule has 1 heterocycles. The Morgan fingerprint density at radius 1 is 1.18 bits per heavy atom. The number of aromatic nitrogens is 2. The van der Waals surface area contributed by atoms with Crippen LogP contribution >= 0.6 is 22.9 Å². The zero-order valence-electron chi connectivity index (χ0n) is 13.9. The molecule has 1 amide bonds. The zero-order valence-corrected chi connectivity index (χ0v) is 16.3. The lowest BCUT2D eigenvalue weighted by atomic mass is 10.2. The fourth-order valence-electron chi connectivity index (χ4n) is 2.20. The van der Waals surface area contributed by atoms with Crippen LogP contribution in [0.2, 0.25) is 5.02 Å². The van der Waals surface area contributed by atoms with Crippen molar-refractivity contribution < 1.29 is 18.1 Å². The molecule has 0 saturated heterocycles. The van der Waals surface area contributed by atoms with Gasteiger partial charge in [0.15, 0.2) is 9.84 Å². The molecule has 1 N–H and O–H groups in total. The van der Waals surface area contributed by atoms with Crippen LogP contribution in [0, 0.1) is 10.1 Å². The minimum absolute atomic E-state index is 0.0273. The number of carbonyl (C=O) groups excluding carboxylic acids is 1. The summed E-state index contributed by atoms with van der Waals surface area (Å²) in [6, 6.07) is 11.3. The Kier molecular flexibility index (Phi) is 5.68. The first kappa shape index (κ1) is 19.9. The molecule has 3 rings (SSSR count). The number of halogens is 1. The van der Waals surface area contributed by atoms with E-state index in [0.717, 1.165) is 17.4 Å². The maximum atomic E-state index is 12.4. The third kappa shape index (κ3) is 4.50. The van der Waals surface area contributed by atoms with Crippen molar-refractivity contribution in [2.75, 3.05) is 5.32 Å². The van der Waals surface area contributed by atoms with Crippen molar-refractivity contribution in [3.8, 4) is 0 Å². The van der Waals surface area contributed by atoms with Gasteiger partial charge in [-0.3, -0.25) is 20.2 Å². The monoisotopic (exact) mass is 438 g/mol. The number of hydrogen-bond acceptors (Lipinski definition) is 8. The van der Waals surface area contributed by atoms with Crippen LogP contribution in [0.4, 0.5) is 10.8 Å². The molecule has 0 aliphatic rings. The fourth-order valence-corrected chi connectivity index (χ4v) is 4.76. The summed E-state index contributed by atoms with van der Waals surface area (Å²) in [5.41, 5.74) is -0.397. The van der Waals surface area contributed by atoms with Crippen molar-refractivity contribution >= 4 is 49.5 Å². The third-order valence-electron chi connectivity index (χ3n) is 3.51. The summed E-state index contributed by atoms with van der Waals surface area (Å²) >= 11 is 6.81. The van der Waals surface area contributed by atoms with Gasteiger partial charge >= 0.3 is 0 Å². The number of nitro groups is 1. The van der Waals surface area contributed by atoms with E-state index < -0.39 is 20.7 Å². The molecule has 144 valence electrons. The van der Waals surface area contributed by atoms with Gasteiger partial charge in [0.05, 0.1) is 20.4 Å². The summed E-state index contributed by atoms with van der Waals surface area (Å²) in [6.45, 7) is 0. The highest BCUT2D eigenvalue weighted by atomic mass is 35.5. The topological polar surface area (TPSA) is 132 Å². The maximum absolute atomic E-state index is 12.4. The second-order valence-electron chi connectivity index (χ2n) is 5.45. The van der Waals surface area contributed by atoms with Crippen molar-refractivity contribution in [3.63, 3.8) is 0 Å². The van der Waals surface area contributed by atoms with Gasteiger partial charge in [-0.2, -0.15) is 0 Å². The molecule has 3 aromatic rings. The Morgan fingerprint density at radius 3 is 2.57 bits per heavy atom. The van der Waals surface area contributed by atoms with Crippen LogP contribution in [-0.4, -0.2) is 29.4 Å². The summed E-state index contributed by atoms with van der Waals surface area (Å²) in [5, 5.41) is 21.0. The molecular weight excluding hydrogens is 428 g/mol. The summed E-state index contributed by atoms with van der Waals surface area (Å²) in [4.78, 5) is 22.7. The lowest BCUT2D eigenvalue weighted by Gasteiger charge is -2.03. The number of nitro benzene ring substituents is 1. The first-order valence-electron chi connectivity index (χ1n) is 7.62. The van der Waals surface area contributed by atoms with E-state index in [9.17, 15) is 23.3 Å². The van der Waals surface area contributed by atoms with E-state index in [1.54, 1.807) is 18.2 Å². The van der Waals surface area contributed by atoms with Gasteiger partial charge in [-0.25, -0.2) is 8.42 Å². The third-order valence-corrected chi connectivity index (χ3v) is 6.50. The number of anilines is 1. The summed E-state index contributed by atoms with van der Waals surface area (Å²) in [5.74, 6) is -1.09. The molecule has 2 aromatic carbocycles. The average Bonchev–Trinajstić information content (AvgIpc) is 3.08. The standard InChI is InChI=1S/C16H11ClN4O5S2/c17-13-7-6-10(21(23)24)8-12(13)15(22)18-16-20-19-14(27-16)9-28(25,26)11-4-2-1-3-5-11/h1-8H,9H2,(H,18,20,22). The summed E-state index contributed by atoms with van der Waals surface area (Å²) in [7, 11) is -3.60. The molecular formula is C16H11ClN4O5S2. The zero-order chi connectivity index (χ0) is 20.3. The quantitative estimate of drug-likeness (QED) is 0.461. The number of nitrogens with zero attached hydrogens (tertiary/aromatic N) is 3. The largest absolute Gasteiger partial charge is 0.296 e. The number of hydrogen-bond donors (Lipinski definition) is 1. The van der Waals surface area contributed by atoms with Crippen LogP contribution < -0.4 is 5.32 Å². The molecule has 0 bridgehead atoms. The predicted octanol–water partition coefficient (Wildman–Crippen LogP) is 3.33. The molecule has 0 unspecified atom stereocenters. The van der Waals surface area contributed by atoms with Gasteiger partial charge in [0.25, 0.3) is 11.6 Å². The fraction of sp³-hybridized carbons (Fsp3) is 0.0625. The Hall–Kier alpha value is -2.89. The van der Waals surface area contributed by atoms with Crippen molar-refractivity contribution in [1.82, 2.24) is 10.2 Å². The Bertz CT molecular complexity index is 1150. The van der Waals surface area contributed by atoms with Crippen molar-refractivity contribution in [2.24, 2.45) is 0 Å². The molecule has 28 heavy (non-hydrogen) atoms. The second kappa shape index (κ2) is 8.00. The van der Waals surface area contributed by atoms with E-state index in [2.05, 4.69) is 15.5 Å². The molecule has 0 radical (unpaired) electrons. The van der Waals surface area contributed by atoms with Gasteiger partial charge < -0.3 is 0 Å². The van der Waals surface area contributed by atoms with E-state index in [0.29, 0.717) is 0 Å². The number of amides is 1. The van der Waals surface area contributed by atoms with Crippen molar-refractivity contribution in [1.29, 1.82) is 0 Å². The SMILES string of the molecule is O=C(Nc1nnc(CS(=O)(=O)c2ccccc2)s1)c1cc([N+](=O)[O-])ccc1Cl. The maximum Gasteiger partial charge on any atom is 0.270 e. The first-order chi connectivity index (χ1) is 13.3. The average molecular weight is 439 g/mol. The van der Waals surface area contributed by atoms with Crippen LogP contribution in [0.3, 0.4) is 0 Å². The van der Waals surface area contributed by atoms with Crippen LogP contribution in [0.1, 0.15) is 15.4 Å². The summed E-state index contributed by atoms with van der Waals surface area (Å²) < 4.78 is 24.7. The Labute approximate surface area is 168 Å². The van der Waals surface area contributed by atoms with Gasteiger partial charge in [0, 0.05) is 12.1 Å². The predicted molar refractivity (Wildman–Crippen MR) is 103 cm³/mol. The van der Waals surface area contributed by atoms with Crippen molar-refractivity contribution in [3.05, 3.63) is 74.2 Å². The van der Waals surface area contributed by atoms with Gasteiger partial charge in [-0.15, -0.1) is 10.2 Å². The van der Waals surface area contributed by atoms with Crippen LogP contribution in [-0.2, 0) is 15.6 Å². The van der Waals surface area contributed by atoms with E-state index in [4.69, 9.17) is 11.6 Å². The normalized spacial score (nSPS) is 11.2. The molecule has 0 fully saturated rings. The molecule has 0 spiro atoms. The Balaban J connectivity index is 1.76. The lowest BCUT2D eigenvalue weighted by Crippen LogP contribution is -2.12. The minimum Gasteiger partial charge on any atom is -0.296 e. The van der Waals surface area contributed by atoms with Crippen LogP contribution in [0.25, 0.3) is 0 Å². The second-order valence-corrected chi connectivity index (χ2v) is 8.91. The number of non-ortho nitro benzene ring substituents is 1. The lowest BCUT2D eigenvalue weighted by molar-refractivity contribution is -0.384. The van der Waals surface area contributed by atoms with Crippen LogP contribution in [0.5, 0.6) is 0 Å². The van der Waals surface area contributed by atoms with Gasteiger partial charge in [-0.05, 0) is 18.2 Å². The van der Waals surface area contributed by atoms with Crippen LogP contribution in [0.15, 0.2) is 53.4 Å². The molecule has 0 aliphatic carbocycles. The van der Waals surface area contributed by atoms with Gasteiger partial charge in [-0.1, -0.05) is 41.1 Å². The van der Waals surface area contributed by atoms with E-state index in [1.807, 2.05) is 0 Å². The number of rotatable bonds is 6. The van der Waals surface area contributed by atoms with Gasteiger partial charge in [0.1, 0.15) is 10.8 Å². The molecule has 0 aliphatic heterocycles. The molecule has 9 nitrogen and oxygen atoms in total. The van der Waals surface area contributed by atoms with Gasteiger partial charge in [0.2, 0.25) is 5.13 Å². The number of carbonyl (C=O) groups is 1. The molecule has 1 aromatic heterocycles. The number of nitrogens with one attached hydrogen (secondary N) is 1. The summed E-state index contributed by atoms with van der Waals surface area (Å²) in [6.07, 6.45) is 0. The van der Waals surface area contributed by atoms with E-state index in [1.165, 1.54) is 24.3 Å². The Morgan fingerprint density at radius 2 is 1.89 bits per heavy atom. The van der Waals surface area contributed by atoms with E-state index in [-0.39, 0.29) is 37.1 Å². The molecule has 0 atom stereocenters. The van der Waals surface area contributed by atoms with Crippen molar-refractivity contribution in [2.45, 2.75) is 10.6 Å². The highest BCUT2D eigenvalue weighted by molar-refractivity contribution is 7.90. The van der Waals surface area contributed by atoms with E-state index >= 15 is 0 Å². The highest BCUT2D eigenvalue weighted by Crippen LogP contribution is 2.25. The molecule has 0 saturated carbocycles. The smallest absolute Gasteiger partial charge is 0.270 e. The first-order valence-corrected chi connectivity index (χ1v) is 10.5.